The zero-order chi connectivity index (χ0) is 20.2. The zero-order valence-corrected chi connectivity index (χ0v) is 17.2. The molecule has 0 fully saturated rings. The third-order valence-electron chi connectivity index (χ3n) is 4.45. The van der Waals surface area contributed by atoms with Crippen LogP contribution in [0.5, 0.6) is 0 Å². The molecule has 0 atom stereocenters. The molecule has 0 bridgehead atoms. The number of benzene rings is 2. The number of carbonyl (C=O) groups excluding carboxylic acids is 1. The molecule has 1 amide bonds. The first-order valence-electron chi connectivity index (χ1n) is 9.00. The summed E-state index contributed by atoms with van der Waals surface area (Å²) in [5.74, 6) is 0.103. The van der Waals surface area contributed by atoms with Crippen molar-refractivity contribution in [3.8, 4) is 0 Å². The van der Waals surface area contributed by atoms with Gasteiger partial charge < -0.3 is 5.32 Å². The summed E-state index contributed by atoms with van der Waals surface area (Å²) in [7, 11) is 0. The number of carbonyl (C=O) groups is 1. The number of nitrogens with one attached hydrogen (secondary N) is 1. The summed E-state index contributed by atoms with van der Waals surface area (Å²) in [4.78, 5) is 21.1. The van der Waals surface area contributed by atoms with Crippen LogP contribution in [0.1, 0.15) is 11.1 Å². The van der Waals surface area contributed by atoms with Crippen LogP contribution in [0.25, 0.3) is 11.0 Å². The van der Waals surface area contributed by atoms with E-state index >= 15 is 0 Å². The normalized spacial score (nSPS) is 11.0. The third-order valence-corrected chi connectivity index (χ3v) is 5.87. The highest BCUT2D eigenvalue weighted by Gasteiger charge is 2.13. The number of aromatic nitrogens is 4. The van der Waals surface area contributed by atoms with Crippen LogP contribution in [-0.2, 0) is 11.3 Å². The maximum atomic E-state index is 12.4. The van der Waals surface area contributed by atoms with Gasteiger partial charge in [0.2, 0.25) is 5.91 Å². The van der Waals surface area contributed by atoms with Crippen LogP contribution in [0.15, 0.2) is 66.1 Å². The van der Waals surface area contributed by atoms with E-state index in [9.17, 15) is 4.79 Å². The van der Waals surface area contributed by atoms with Gasteiger partial charge in [0, 0.05) is 10.7 Å². The topological polar surface area (TPSA) is 72.7 Å². The van der Waals surface area contributed by atoms with Crippen LogP contribution < -0.4 is 5.32 Å². The molecule has 0 aliphatic heterocycles. The molecule has 0 aliphatic carbocycles. The molecule has 0 aliphatic rings. The highest BCUT2D eigenvalue weighted by Crippen LogP contribution is 2.26. The number of hydrogen-bond donors (Lipinski definition) is 1. The molecule has 8 heteroatoms. The molecule has 0 saturated heterocycles. The van der Waals surface area contributed by atoms with Crippen LogP contribution >= 0.6 is 23.4 Å². The lowest BCUT2D eigenvalue weighted by Gasteiger charge is -2.09. The predicted octanol–water partition coefficient (Wildman–Crippen LogP) is 4.57. The van der Waals surface area contributed by atoms with Crippen molar-refractivity contribution < 1.29 is 4.79 Å². The smallest absolute Gasteiger partial charge is 0.234 e. The lowest BCUT2D eigenvalue weighted by atomic mass is 10.2. The van der Waals surface area contributed by atoms with Crippen molar-refractivity contribution in [3.63, 3.8) is 0 Å². The fourth-order valence-corrected chi connectivity index (χ4v) is 3.86. The SMILES string of the molecule is Cc1c(Cl)cccc1NC(=O)CSc1ncnc2c1cnn2Cc1ccccc1. The fraction of sp³-hybridized carbons (Fsp3) is 0.143. The van der Waals surface area contributed by atoms with E-state index in [1.54, 1.807) is 12.3 Å². The highest BCUT2D eigenvalue weighted by molar-refractivity contribution is 8.00. The molecule has 2 aromatic carbocycles. The summed E-state index contributed by atoms with van der Waals surface area (Å²) in [6.07, 6.45) is 3.26. The van der Waals surface area contributed by atoms with Crippen LogP contribution in [0, 0.1) is 6.92 Å². The quantitative estimate of drug-likeness (QED) is 0.363. The number of fused-ring (bicyclic) bond motifs is 1. The van der Waals surface area contributed by atoms with Gasteiger partial charge in [-0.15, -0.1) is 0 Å². The van der Waals surface area contributed by atoms with Gasteiger partial charge in [0.1, 0.15) is 11.4 Å². The minimum absolute atomic E-state index is 0.121. The second-order valence-electron chi connectivity index (χ2n) is 6.45. The molecule has 146 valence electrons. The number of halogens is 1. The van der Waals surface area contributed by atoms with E-state index in [4.69, 9.17) is 11.6 Å². The van der Waals surface area contributed by atoms with Gasteiger partial charge in [-0.2, -0.15) is 5.10 Å². The minimum atomic E-state index is -0.121. The van der Waals surface area contributed by atoms with Crippen molar-refractivity contribution in [2.45, 2.75) is 18.5 Å². The molecule has 1 N–H and O–H groups in total. The van der Waals surface area contributed by atoms with Crippen molar-refractivity contribution in [1.82, 2.24) is 19.7 Å². The number of rotatable bonds is 6. The van der Waals surface area contributed by atoms with Gasteiger partial charge >= 0.3 is 0 Å². The van der Waals surface area contributed by atoms with Crippen molar-refractivity contribution in [2.24, 2.45) is 0 Å². The van der Waals surface area contributed by atoms with E-state index in [0.717, 1.165) is 27.2 Å². The average molecular weight is 424 g/mol. The van der Waals surface area contributed by atoms with Gasteiger partial charge in [-0.25, -0.2) is 14.6 Å². The summed E-state index contributed by atoms with van der Waals surface area (Å²) in [5.41, 5.74) is 3.45. The van der Waals surface area contributed by atoms with E-state index in [-0.39, 0.29) is 11.7 Å². The number of anilines is 1. The van der Waals surface area contributed by atoms with E-state index in [0.29, 0.717) is 17.3 Å². The largest absolute Gasteiger partial charge is 0.325 e. The summed E-state index contributed by atoms with van der Waals surface area (Å²) in [5, 5.41) is 9.54. The molecule has 29 heavy (non-hydrogen) atoms. The first kappa shape index (κ1) is 19.4. The van der Waals surface area contributed by atoms with Crippen molar-refractivity contribution in [1.29, 1.82) is 0 Å². The maximum absolute atomic E-state index is 12.4. The average Bonchev–Trinajstić information content (AvgIpc) is 3.14. The molecular formula is C21H18ClN5OS. The Labute approximate surface area is 177 Å². The van der Waals surface area contributed by atoms with Gasteiger partial charge in [-0.1, -0.05) is 59.8 Å². The molecule has 0 unspecified atom stereocenters. The van der Waals surface area contributed by atoms with Crippen LogP contribution in [0.4, 0.5) is 5.69 Å². The van der Waals surface area contributed by atoms with E-state index < -0.39 is 0 Å². The second kappa shape index (κ2) is 8.63. The standard InChI is InChI=1S/C21H18ClN5OS/c1-14-17(22)8-5-9-18(14)26-19(28)12-29-21-16-10-25-27(20(16)23-13-24-21)11-15-6-3-2-4-7-15/h2-10,13H,11-12H2,1H3,(H,26,28). The Kier molecular flexibility index (Phi) is 5.78. The number of amides is 1. The molecule has 4 rings (SSSR count). The molecular weight excluding hydrogens is 406 g/mol. The zero-order valence-electron chi connectivity index (χ0n) is 15.7. The Hall–Kier alpha value is -2.90. The van der Waals surface area contributed by atoms with Crippen LogP contribution in [0.2, 0.25) is 5.02 Å². The van der Waals surface area contributed by atoms with Gasteiger partial charge in [0.25, 0.3) is 0 Å². The summed E-state index contributed by atoms with van der Waals surface area (Å²) in [6, 6.07) is 15.5. The third kappa shape index (κ3) is 4.41. The molecule has 4 aromatic rings. The number of hydrogen-bond acceptors (Lipinski definition) is 5. The van der Waals surface area contributed by atoms with Gasteiger partial charge in [0.05, 0.1) is 23.9 Å². The first-order valence-corrected chi connectivity index (χ1v) is 10.4. The highest BCUT2D eigenvalue weighted by atomic mass is 35.5. The molecule has 0 spiro atoms. The van der Waals surface area contributed by atoms with Gasteiger partial charge in [-0.05, 0) is 30.2 Å². The first-order chi connectivity index (χ1) is 14.1. The Morgan fingerprint density at radius 2 is 1.97 bits per heavy atom. The predicted molar refractivity (Wildman–Crippen MR) is 116 cm³/mol. The maximum Gasteiger partial charge on any atom is 0.234 e. The van der Waals surface area contributed by atoms with Gasteiger partial charge in [0.15, 0.2) is 5.65 Å². The van der Waals surface area contributed by atoms with Crippen molar-refractivity contribution >= 4 is 46.0 Å². The molecule has 2 aromatic heterocycles. The Morgan fingerprint density at radius 1 is 1.14 bits per heavy atom. The van der Waals surface area contributed by atoms with Crippen molar-refractivity contribution in [2.75, 3.05) is 11.1 Å². The summed E-state index contributed by atoms with van der Waals surface area (Å²) < 4.78 is 1.84. The van der Waals surface area contributed by atoms with E-state index in [2.05, 4.69) is 20.4 Å². The van der Waals surface area contributed by atoms with Crippen molar-refractivity contribution in [3.05, 3.63) is 77.2 Å². The molecule has 6 nitrogen and oxygen atoms in total. The minimum Gasteiger partial charge on any atom is -0.325 e. The molecule has 0 saturated carbocycles. The Bertz CT molecular complexity index is 1160. The number of nitrogens with zero attached hydrogens (tertiary/aromatic N) is 4. The summed E-state index contributed by atoms with van der Waals surface area (Å²) >= 11 is 7.47. The van der Waals surface area contributed by atoms with Crippen LogP contribution in [0.3, 0.4) is 0 Å². The molecule has 2 heterocycles. The summed E-state index contributed by atoms with van der Waals surface area (Å²) in [6.45, 7) is 2.50. The van der Waals surface area contributed by atoms with Gasteiger partial charge in [-0.3, -0.25) is 4.79 Å². The molecule has 0 radical (unpaired) electrons. The Balaban J connectivity index is 1.47. The lowest BCUT2D eigenvalue weighted by molar-refractivity contribution is -0.113. The Morgan fingerprint density at radius 3 is 2.79 bits per heavy atom. The second-order valence-corrected chi connectivity index (χ2v) is 7.82. The van der Waals surface area contributed by atoms with Crippen LogP contribution in [-0.4, -0.2) is 31.4 Å². The lowest BCUT2D eigenvalue weighted by Crippen LogP contribution is -2.15. The fourth-order valence-electron chi connectivity index (χ4n) is 2.92. The van der Waals surface area contributed by atoms with E-state index in [1.807, 2.05) is 54.1 Å². The number of thioether (sulfide) groups is 1. The van der Waals surface area contributed by atoms with E-state index in [1.165, 1.54) is 18.1 Å². The monoisotopic (exact) mass is 423 g/mol.